The third-order valence-electron chi connectivity index (χ3n) is 2.33. The molecule has 0 aliphatic heterocycles. The first-order valence-electron chi connectivity index (χ1n) is 5.10. The van der Waals surface area contributed by atoms with E-state index in [1.54, 1.807) is 36.4 Å². The maximum Gasteiger partial charge on any atom is 0.125 e. The largest absolute Gasteiger partial charge is 0.507 e. The molecule has 1 aromatic carbocycles. The van der Waals surface area contributed by atoms with E-state index in [-0.39, 0.29) is 5.75 Å². The second-order valence-corrected chi connectivity index (χ2v) is 3.43. The van der Waals surface area contributed by atoms with E-state index in [9.17, 15) is 5.11 Å². The lowest BCUT2D eigenvalue weighted by Gasteiger charge is -2.11. The van der Waals surface area contributed by atoms with Crippen LogP contribution in [0, 0.1) is 0 Å². The van der Waals surface area contributed by atoms with Crippen LogP contribution in [0.5, 0.6) is 5.75 Å². The van der Waals surface area contributed by atoms with E-state index in [0.29, 0.717) is 16.8 Å². The first-order valence-corrected chi connectivity index (χ1v) is 5.10. The lowest BCUT2D eigenvalue weighted by Crippen LogP contribution is -1.95. The van der Waals surface area contributed by atoms with Crippen LogP contribution in [-0.2, 0) is 0 Å². The molecule has 0 saturated heterocycles. The highest BCUT2D eigenvalue weighted by atomic mass is 16.3. The summed E-state index contributed by atoms with van der Waals surface area (Å²) in [5.74, 6) is 0.0967. The summed E-state index contributed by atoms with van der Waals surface area (Å²) in [5, 5.41) is 9.79. The van der Waals surface area contributed by atoms with Crippen molar-refractivity contribution in [3.8, 4) is 5.75 Å². The zero-order chi connectivity index (χ0) is 12.8. The fourth-order valence-electron chi connectivity index (χ4n) is 1.48. The summed E-state index contributed by atoms with van der Waals surface area (Å²) < 4.78 is 0. The molecule has 3 heteroatoms. The summed E-state index contributed by atoms with van der Waals surface area (Å²) in [4.78, 5) is 0. The van der Waals surface area contributed by atoms with Crippen molar-refractivity contribution in [1.29, 1.82) is 0 Å². The lowest BCUT2D eigenvalue weighted by molar-refractivity contribution is 0.474. The molecule has 0 unspecified atom stereocenters. The smallest absolute Gasteiger partial charge is 0.125 e. The van der Waals surface area contributed by atoms with Gasteiger partial charge in [0.05, 0.1) is 0 Å². The van der Waals surface area contributed by atoms with Gasteiger partial charge in [0.25, 0.3) is 0 Å². The van der Waals surface area contributed by atoms with Gasteiger partial charge in [-0.15, -0.1) is 0 Å². The van der Waals surface area contributed by atoms with E-state index in [0.717, 1.165) is 5.57 Å². The molecule has 0 saturated carbocycles. The molecule has 3 nitrogen and oxygen atoms in total. The van der Waals surface area contributed by atoms with Crippen LogP contribution in [0.1, 0.15) is 5.56 Å². The Kier molecular flexibility index (Phi) is 4.17. The van der Waals surface area contributed by atoms with Crippen molar-refractivity contribution in [2.75, 3.05) is 5.73 Å². The van der Waals surface area contributed by atoms with E-state index in [4.69, 9.17) is 11.5 Å². The molecule has 88 valence electrons. The van der Waals surface area contributed by atoms with Crippen molar-refractivity contribution in [1.82, 2.24) is 0 Å². The molecule has 1 rings (SSSR count). The van der Waals surface area contributed by atoms with Crippen LogP contribution in [-0.4, -0.2) is 5.11 Å². The standard InChI is InChI=1S/C14H16N2O/c1-3-11(6-5-9-15)10(2)14-12(16)7-4-8-13(14)17/h3-9,17H,1-2,15-16H2/b9-5-,11-6+. The summed E-state index contributed by atoms with van der Waals surface area (Å²) >= 11 is 0. The Morgan fingerprint density at radius 3 is 2.59 bits per heavy atom. The summed E-state index contributed by atoms with van der Waals surface area (Å²) in [6.07, 6.45) is 6.46. The minimum atomic E-state index is 0.0967. The maximum absolute atomic E-state index is 9.79. The first kappa shape index (κ1) is 12.6. The SMILES string of the molecule is C=C/C(=C\C=C/N)C(=C)c1c(N)cccc1O. The van der Waals surface area contributed by atoms with Crippen LogP contribution in [0.15, 0.2) is 61.4 Å². The Balaban J connectivity index is 3.24. The van der Waals surface area contributed by atoms with Crippen molar-refractivity contribution in [2.24, 2.45) is 5.73 Å². The number of rotatable bonds is 4. The van der Waals surface area contributed by atoms with E-state index in [1.807, 2.05) is 0 Å². The first-order chi connectivity index (χ1) is 8.11. The van der Waals surface area contributed by atoms with Gasteiger partial charge in [-0.05, 0) is 35.6 Å². The summed E-state index contributed by atoms with van der Waals surface area (Å²) in [7, 11) is 0. The number of phenols is 1. The Bertz CT molecular complexity index is 479. The van der Waals surface area contributed by atoms with Gasteiger partial charge in [0.1, 0.15) is 5.75 Å². The second-order valence-electron chi connectivity index (χ2n) is 3.43. The molecule has 0 radical (unpaired) electrons. The number of anilines is 1. The quantitative estimate of drug-likeness (QED) is 0.548. The van der Waals surface area contributed by atoms with Gasteiger partial charge in [-0.2, -0.15) is 0 Å². The van der Waals surface area contributed by atoms with Crippen molar-refractivity contribution in [3.63, 3.8) is 0 Å². The molecule has 0 atom stereocenters. The van der Waals surface area contributed by atoms with E-state index in [2.05, 4.69) is 13.2 Å². The average molecular weight is 228 g/mol. The number of aromatic hydroxyl groups is 1. The van der Waals surface area contributed by atoms with Gasteiger partial charge in [-0.3, -0.25) is 0 Å². The van der Waals surface area contributed by atoms with E-state index >= 15 is 0 Å². The van der Waals surface area contributed by atoms with Crippen LogP contribution >= 0.6 is 0 Å². The van der Waals surface area contributed by atoms with Crippen LogP contribution < -0.4 is 11.5 Å². The average Bonchev–Trinajstić information content (AvgIpc) is 2.30. The highest BCUT2D eigenvalue weighted by molar-refractivity contribution is 5.88. The number of hydrogen-bond acceptors (Lipinski definition) is 3. The summed E-state index contributed by atoms with van der Waals surface area (Å²) in [6, 6.07) is 4.95. The van der Waals surface area contributed by atoms with Crippen molar-refractivity contribution in [3.05, 3.63) is 66.9 Å². The normalized spacial score (nSPS) is 11.6. The Morgan fingerprint density at radius 2 is 2.06 bits per heavy atom. The number of allylic oxidation sites excluding steroid dienone is 5. The van der Waals surface area contributed by atoms with Gasteiger partial charge >= 0.3 is 0 Å². The second kappa shape index (κ2) is 5.61. The summed E-state index contributed by atoms with van der Waals surface area (Å²) in [5.41, 5.74) is 13.4. The molecule has 0 aliphatic carbocycles. The Morgan fingerprint density at radius 1 is 1.35 bits per heavy atom. The van der Waals surface area contributed by atoms with Crippen molar-refractivity contribution in [2.45, 2.75) is 0 Å². The minimum Gasteiger partial charge on any atom is -0.507 e. The minimum absolute atomic E-state index is 0.0967. The van der Waals surface area contributed by atoms with Crippen LogP contribution in [0.2, 0.25) is 0 Å². The highest BCUT2D eigenvalue weighted by Gasteiger charge is 2.10. The molecular formula is C14H16N2O. The molecule has 0 heterocycles. The van der Waals surface area contributed by atoms with Gasteiger partial charge in [0, 0.05) is 11.3 Å². The third kappa shape index (κ3) is 2.78. The highest BCUT2D eigenvalue weighted by Crippen LogP contribution is 2.33. The van der Waals surface area contributed by atoms with Gasteiger partial charge in [0.2, 0.25) is 0 Å². The molecule has 0 bridgehead atoms. The number of phenolic OH excluding ortho intramolecular Hbond substituents is 1. The topological polar surface area (TPSA) is 72.3 Å². The lowest BCUT2D eigenvalue weighted by atomic mass is 9.97. The predicted molar refractivity (Wildman–Crippen MR) is 73.2 cm³/mol. The monoisotopic (exact) mass is 228 g/mol. The maximum atomic E-state index is 9.79. The molecule has 0 aliphatic rings. The number of hydrogen-bond donors (Lipinski definition) is 3. The zero-order valence-electron chi connectivity index (χ0n) is 9.56. The van der Waals surface area contributed by atoms with Crippen LogP contribution in [0.3, 0.4) is 0 Å². The van der Waals surface area contributed by atoms with Crippen LogP contribution in [0.25, 0.3) is 5.57 Å². The van der Waals surface area contributed by atoms with Gasteiger partial charge < -0.3 is 16.6 Å². The number of nitrogens with two attached hydrogens (primary N) is 2. The third-order valence-corrected chi connectivity index (χ3v) is 2.33. The van der Waals surface area contributed by atoms with Crippen LogP contribution in [0.4, 0.5) is 5.69 Å². The number of benzene rings is 1. The molecule has 0 fully saturated rings. The van der Waals surface area contributed by atoms with Gasteiger partial charge in [0.15, 0.2) is 0 Å². The number of nitrogen functional groups attached to an aromatic ring is 1. The van der Waals surface area contributed by atoms with Gasteiger partial charge in [-0.25, -0.2) is 0 Å². The summed E-state index contributed by atoms with van der Waals surface area (Å²) in [6.45, 7) is 7.61. The van der Waals surface area contributed by atoms with Crippen molar-refractivity contribution < 1.29 is 5.11 Å². The van der Waals surface area contributed by atoms with E-state index < -0.39 is 0 Å². The van der Waals surface area contributed by atoms with Crippen molar-refractivity contribution >= 4 is 11.3 Å². The fraction of sp³-hybridized carbons (Fsp3) is 0. The fourth-order valence-corrected chi connectivity index (χ4v) is 1.48. The zero-order valence-corrected chi connectivity index (χ0v) is 9.56. The molecule has 5 N–H and O–H groups in total. The predicted octanol–water partition coefficient (Wildman–Crippen LogP) is 2.57. The van der Waals surface area contributed by atoms with Gasteiger partial charge in [-0.1, -0.05) is 31.4 Å². The molecule has 0 aromatic heterocycles. The molecule has 17 heavy (non-hydrogen) atoms. The molecule has 0 amide bonds. The Labute approximate surface area is 101 Å². The Hall–Kier alpha value is -2.42. The van der Waals surface area contributed by atoms with E-state index in [1.165, 1.54) is 6.20 Å². The molecular weight excluding hydrogens is 212 g/mol. The molecule has 0 spiro atoms. The molecule has 1 aromatic rings.